The Morgan fingerprint density at radius 1 is 1.40 bits per heavy atom. The van der Waals surface area contributed by atoms with Crippen LogP contribution < -0.4 is 5.32 Å². The molecule has 2 amide bonds. The molecule has 0 spiro atoms. The summed E-state index contributed by atoms with van der Waals surface area (Å²) in [5.74, 6) is 0.523. The molecule has 20 heavy (non-hydrogen) atoms. The number of likely N-dealkylation sites (tertiary alicyclic amines) is 1. The number of halogens is 1. The van der Waals surface area contributed by atoms with Crippen LogP contribution in [-0.2, 0) is 4.79 Å². The van der Waals surface area contributed by atoms with E-state index in [9.17, 15) is 9.59 Å². The van der Waals surface area contributed by atoms with Crippen molar-refractivity contribution in [2.45, 2.75) is 24.9 Å². The second-order valence-corrected chi connectivity index (χ2v) is 6.41. The number of nitrogens with one attached hydrogen (secondary N) is 1. The average Bonchev–Trinajstić information content (AvgIpc) is 3.07. The second kappa shape index (κ2) is 5.66. The molecule has 2 heterocycles. The minimum atomic E-state index is -0.393. The molecule has 1 aromatic rings. The number of hydrogen-bond donors (Lipinski definition) is 1. The Morgan fingerprint density at radius 2 is 2.20 bits per heavy atom. The number of amides is 2. The highest BCUT2D eigenvalue weighted by Gasteiger charge is 2.37. The van der Waals surface area contributed by atoms with Crippen LogP contribution in [0, 0.1) is 0 Å². The molecular formula is C14H15ClN2O2S. The van der Waals surface area contributed by atoms with Crippen molar-refractivity contribution in [1.82, 2.24) is 10.2 Å². The molecule has 106 valence electrons. The first-order valence-electron chi connectivity index (χ1n) is 6.65. The number of nitrogens with zero attached hydrogens (tertiary/aromatic N) is 1. The summed E-state index contributed by atoms with van der Waals surface area (Å²) in [5.41, 5.74) is 0.997. The van der Waals surface area contributed by atoms with E-state index in [1.54, 1.807) is 0 Å². The maximum atomic E-state index is 12.5. The van der Waals surface area contributed by atoms with E-state index in [4.69, 9.17) is 11.6 Å². The Bertz CT molecular complexity index is 552. The summed E-state index contributed by atoms with van der Waals surface area (Å²) in [4.78, 5) is 25.6. The quantitative estimate of drug-likeness (QED) is 0.914. The molecule has 3 rings (SSSR count). The molecule has 4 nitrogen and oxygen atoms in total. The number of hydrogen-bond acceptors (Lipinski definition) is 3. The van der Waals surface area contributed by atoms with Crippen LogP contribution in [0.25, 0.3) is 0 Å². The first kappa shape index (κ1) is 13.8. The molecular weight excluding hydrogens is 296 g/mol. The van der Waals surface area contributed by atoms with Crippen molar-refractivity contribution >= 4 is 34.5 Å². The minimum absolute atomic E-state index is 0.00534. The van der Waals surface area contributed by atoms with Gasteiger partial charge in [-0.25, -0.2) is 0 Å². The standard InChI is InChI=1S/C14H15ClN2O2S/c15-10-5-2-1-4-9(10)12-6-3-7-17(12)13(18)11-8-20-14(19)16-11/h1-2,4-5,11-12H,3,6-8H2,(H,16,19)/t11-,12+/m1/s1. The van der Waals surface area contributed by atoms with Crippen molar-refractivity contribution in [3.05, 3.63) is 34.9 Å². The molecule has 0 aliphatic carbocycles. The van der Waals surface area contributed by atoms with Gasteiger partial charge >= 0.3 is 0 Å². The molecule has 2 fully saturated rings. The Balaban J connectivity index is 1.81. The Labute approximate surface area is 126 Å². The molecule has 0 saturated carbocycles. The van der Waals surface area contributed by atoms with Gasteiger partial charge in [0.2, 0.25) is 5.91 Å². The van der Waals surface area contributed by atoms with Gasteiger partial charge in [0, 0.05) is 17.3 Å². The van der Waals surface area contributed by atoms with Crippen molar-refractivity contribution < 1.29 is 9.59 Å². The summed E-state index contributed by atoms with van der Waals surface area (Å²) in [7, 11) is 0. The van der Waals surface area contributed by atoms with E-state index >= 15 is 0 Å². The Morgan fingerprint density at radius 3 is 2.90 bits per heavy atom. The number of carbonyl (C=O) groups excluding carboxylic acids is 2. The minimum Gasteiger partial charge on any atom is -0.334 e. The molecule has 2 aliphatic rings. The molecule has 2 atom stereocenters. The lowest BCUT2D eigenvalue weighted by Crippen LogP contribution is -2.45. The molecule has 0 bridgehead atoms. The van der Waals surface area contributed by atoms with Crippen molar-refractivity contribution in [2.75, 3.05) is 12.3 Å². The summed E-state index contributed by atoms with van der Waals surface area (Å²) in [6, 6.07) is 7.29. The van der Waals surface area contributed by atoms with Crippen LogP contribution in [0.1, 0.15) is 24.4 Å². The number of thioether (sulfide) groups is 1. The maximum Gasteiger partial charge on any atom is 0.279 e. The molecule has 0 unspecified atom stereocenters. The predicted molar refractivity (Wildman–Crippen MR) is 79.9 cm³/mol. The van der Waals surface area contributed by atoms with Crippen LogP contribution in [0.4, 0.5) is 4.79 Å². The van der Waals surface area contributed by atoms with E-state index < -0.39 is 6.04 Å². The van der Waals surface area contributed by atoms with Crippen LogP contribution in [0.2, 0.25) is 5.02 Å². The van der Waals surface area contributed by atoms with Gasteiger partial charge in [0.15, 0.2) is 0 Å². The SMILES string of the molecule is O=C1N[C@@H](C(=O)N2CCC[C@H]2c2ccccc2Cl)CS1. The zero-order valence-corrected chi connectivity index (χ0v) is 12.4. The van der Waals surface area contributed by atoms with Crippen LogP contribution in [0.3, 0.4) is 0 Å². The third-order valence-electron chi connectivity index (χ3n) is 3.77. The van der Waals surface area contributed by atoms with Gasteiger partial charge < -0.3 is 10.2 Å². The molecule has 2 saturated heterocycles. The van der Waals surface area contributed by atoms with E-state index in [1.807, 2.05) is 29.2 Å². The van der Waals surface area contributed by atoms with Crippen LogP contribution in [0.15, 0.2) is 24.3 Å². The highest BCUT2D eigenvalue weighted by Crippen LogP contribution is 2.36. The third kappa shape index (κ3) is 2.52. The molecule has 1 aromatic carbocycles. The van der Waals surface area contributed by atoms with E-state index in [0.29, 0.717) is 10.8 Å². The second-order valence-electron chi connectivity index (χ2n) is 5.01. The highest BCUT2D eigenvalue weighted by atomic mass is 35.5. The summed E-state index contributed by atoms with van der Waals surface area (Å²) in [6.45, 7) is 0.728. The zero-order valence-electron chi connectivity index (χ0n) is 10.8. The normalized spacial score (nSPS) is 25.9. The molecule has 1 N–H and O–H groups in total. The number of rotatable bonds is 2. The van der Waals surface area contributed by atoms with Crippen molar-refractivity contribution in [1.29, 1.82) is 0 Å². The van der Waals surface area contributed by atoms with Crippen LogP contribution >= 0.6 is 23.4 Å². The predicted octanol–water partition coefficient (Wildman–Crippen LogP) is 2.83. The summed E-state index contributed by atoms with van der Waals surface area (Å²) in [6.07, 6.45) is 1.89. The van der Waals surface area contributed by atoms with Gasteiger partial charge in [0.05, 0.1) is 6.04 Å². The maximum absolute atomic E-state index is 12.5. The smallest absolute Gasteiger partial charge is 0.279 e. The highest BCUT2D eigenvalue weighted by molar-refractivity contribution is 8.14. The monoisotopic (exact) mass is 310 g/mol. The largest absolute Gasteiger partial charge is 0.334 e. The van der Waals surface area contributed by atoms with Crippen LogP contribution in [0.5, 0.6) is 0 Å². The molecule has 0 radical (unpaired) electrons. The average molecular weight is 311 g/mol. The van der Waals surface area contributed by atoms with Crippen molar-refractivity contribution in [2.24, 2.45) is 0 Å². The van der Waals surface area contributed by atoms with Gasteiger partial charge in [-0.1, -0.05) is 41.6 Å². The van der Waals surface area contributed by atoms with Crippen molar-refractivity contribution in [3.8, 4) is 0 Å². The fraction of sp³-hybridized carbons (Fsp3) is 0.429. The number of carbonyl (C=O) groups is 2. The Hall–Kier alpha value is -1.20. The van der Waals surface area contributed by atoms with Gasteiger partial charge in [-0.3, -0.25) is 9.59 Å². The fourth-order valence-electron chi connectivity index (χ4n) is 2.82. The summed E-state index contributed by atoms with van der Waals surface area (Å²) in [5, 5.41) is 3.30. The Kier molecular flexibility index (Phi) is 3.89. The lowest BCUT2D eigenvalue weighted by Gasteiger charge is -2.28. The van der Waals surface area contributed by atoms with E-state index in [1.165, 1.54) is 11.8 Å². The van der Waals surface area contributed by atoms with Crippen molar-refractivity contribution in [3.63, 3.8) is 0 Å². The lowest BCUT2D eigenvalue weighted by molar-refractivity contribution is -0.133. The fourth-order valence-corrected chi connectivity index (χ4v) is 3.85. The van der Waals surface area contributed by atoms with E-state index in [2.05, 4.69) is 5.32 Å². The zero-order chi connectivity index (χ0) is 14.1. The summed E-state index contributed by atoms with van der Waals surface area (Å²) >= 11 is 7.41. The topological polar surface area (TPSA) is 49.4 Å². The van der Waals surface area contributed by atoms with Crippen LogP contribution in [-0.4, -0.2) is 34.4 Å². The number of benzene rings is 1. The summed E-state index contributed by atoms with van der Waals surface area (Å²) < 4.78 is 0. The van der Waals surface area contributed by atoms with E-state index in [-0.39, 0.29) is 17.2 Å². The third-order valence-corrected chi connectivity index (χ3v) is 5.00. The molecule has 6 heteroatoms. The van der Waals surface area contributed by atoms with E-state index in [0.717, 1.165) is 24.9 Å². The first-order valence-corrected chi connectivity index (χ1v) is 8.01. The van der Waals surface area contributed by atoms with Gasteiger partial charge in [0.1, 0.15) is 6.04 Å². The van der Waals surface area contributed by atoms with Gasteiger partial charge in [-0.15, -0.1) is 0 Å². The lowest BCUT2D eigenvalue weighted by atomic mass is 10.0. The van der Waals surface area contributed by atoms with Gasteiger partial charge in [0.25, 0.3) is 5.24 Å². The van der Waals surface area contributed by atoms with Gasteiger partial charge in [-0.05, 0) is 24.5 Å². The van der Waals surface area contributed by atoms with Gasteiger partial charge in [-0.2, -0.15) is 0 Å². The molecule has 0 aromatic heterocycles. The first-order chi connectivity index (χ1) is 9.66. The molecule has 2 aliphatic heterocycles.